The number of anilines is 1. The van der Waals surface area contributed by atoms with Gasteiger partial charge in [-0.25, -0.2) is 9.97 Å². The number of aromatic nitrogens is 2. The van der Waals surface area contributed by atoms with Crippen LogP contribution in [0.15, 0.2) is 24.4 Å². The van der Waals surface area contributed by atoms with Gasteiger partial charge >= 0.3 is 5.97 Å². The van der Waals surface area contributed by atoms with Gasteiger partial charge < -0.3 is 15.1 Å². The maximum atomic E-state index is 10.9. The van der Waals surface area contributed by atoms with Crippen LogP contribution in [0.1, 0.15) is 12.8 Å². The summed E-state index contributed by atoms with van der Waals surface area (Å²) in [5.74, 6) is -0.175. The summed E-state index contributed by atoms with van der Waals surface area (Å²) in [6.45, 7) is 1.31. The third kappa shape index (κ3) is 2.36. The first kappa shape index (κ1) is 12.7. The smallest absolute Gasteiger partial charge is 0.306 e. The van der Waals surface area contributed by atoms with Gasteiger partial charge in [0.05, 0.1) is 11.4 Å². The van der Waals surface area contributed by atoms with E-state index in [1.165, 1.54) is 0 Å². The van der Waals surface area contributed by atoms with Gasteiger partial charge in [-0.3, -0.25) is 4.79 Å². The van der Waals surface area contributed by atoms with Gasteiger partial charge in [-0.05, 0) is 31.0 Å². The first-order valence-corrected chi connectivity index (χ1v) is 6.57. The molecule has 0 atom stereocenters. The van der Waals surface area contributed by atoms with E-state index in [1.807, 2.05) is 4.90 Å². The van der Waals surface area contributed by atoms with Crippen molar-refractivity contribution in [3.63, 3.8) is 0 Å². The average molecular weight is 273 g/mol. The lowest BCUT2D eigenvalue weighted by molar-refractivity contribution is -0.142. The molecule has 2 aromatic rings. The van der Waals surface area contributed by atoms with Crippen molar-refractivity contribution >= 4 is 22.8 Å². The van der Waals surface area contributed by atoms with Gasteiger partial charge in [0.15, 0.2) is 0 Å². The van der Waals surface area contributed by atoms with E-state index in [1.54, 1.807) is 24.4 Å². The Morgan fingerprint density at radius 1 is 1.30 bits per heavy atom. The number of carboxylic acids is 1. The van der Waals surface area contributed by atoms with Gasteiger partial charge in [0.2, 0.25) is 5.95 Å². The number of fused-ring (bicyclic) bond motifs is 1. The first-order valence-electron chi connectivity index (χ1n) is 6.57. The first-order chi connectivity index (χ1) is 9.63. The molecule has 1 aliphatic rings. The summed E-state index contributed by atoms with van der Waals surface area (Å²) in [5, 5.41) is 19.2. The normalized spacial score (nSPS) is 16.5. The molecule has 104 valence electrons. The minimum atomic E-state index is -0.723. The van der Waals surface area contributed by atoms with Gasteiger partial charge in [-0.15, -0.1) is 0 Å². The summed E-state index contributed by atoms with van der Waals surface area (Å²) in [7, 11) is 0. The fraction of sp³-hybridized carbons (Fsp3) is 0.357. The predicted octanol–water partition coefficient (Wildman–Crippen LogP) is 1.64. The minimum Gasteiger partial charge on any atom is -0.508 e. The summed E-state index contributed by atoms with van der Waals surface area (Å²) in [6, 6.07) is 4.96. The number of carboxylic acid groups (broad SMARTS) is 1. The number of aromatic hydroxyl groups is 1. The van der Waals surface area contributed by atoms with Crippen LogP contribution in [0, 0.1) is 5.92 Å². The molecule has 0 saturated carbocycles. The highest BCUT2D eigenvalue weighted by atomic mass is 16.4. The lowest BCUT2D eigenvalue weighted by atomic mass is 9.97. The molecule has 3 rings (SSSR count). The van der Waals surface area contributed by atoms with Crippen LogP contribution in [-0.2, 0) is 4.79 Å². The number of phenols is 1. The number of aliphatic carboxylic acids is 1. The van der Waals surface area contributed by atoms with Crippen molar-refractivity contribution in [3.05, 3.63) is 24.4 Å². The fourth-order valence-electron chi connectivity index (χ4n) is 2.49. The summed E-state index contributed by atoms with van der Waals surface area (Å²) in [5.41, 5.74) is 0.771. The van der Waals surface area contributed by atoms with Crippen LogP contribution in [0.4, 0.5) is 5.95 Å². The van der Waals surface area contributed by atoms with Crippen LogP contribution >= 0.6 is 0 Å². The molecule has 2 heterocycles. The summed E-state index contributed by atoms with van der Waals surface area (Å²) in [6.07, 6.45) is 2.92. The Hall–Kier alpha value is -2.37. The molecule has 6 nitrogen and oxygen atoms in total. The Balaban J connectivity index is 1.81. The van der Waals surface area contributed by atoms with Crippen LogP contribution < -0.4 is 4.90 Å². The van der Waals surface area contributed by atoms with Crippen molar-refractivity contribution in [2.24, 2.45) is 5.92 Å². The van der Waals surface area contributed by atoms with Crippen molar-refractivity contribution in [2.45, 2.75) is 12.8 Å². The number of rotatable bonds is 2. The SMILES string of the molecule is O=C(O)C1CCN(c2ncc3cc(O)ccc3n2)CC1. The van der Waals surface area contributed by atoms with E-state index in [0.29, 0.717) is 31.9 Å². The number of piperidine rings is 1. The summed E-state index contributed by atoms with van der Waals surface area (Å²) in [4.78, 5) is 21.7. The Bertz CT molecular complexity index is 651. The molecule has 20 heavy (non-hydrogen) atoms. The quantitative estimate of drug-likeness (QED) is 0.865. The average Bonchev–Trinajstić information content (AvgIpc) is 2.47. The van der Waals surface area contributed by atoms with Crippen molar-refractivity contribution in [1.29, 1.82) is 0 Å². The van der Waals surface area contributed by atoms with Crippen molar-refractivity contribution in [1.82, 2.24) is 9.97 Å². The molecule has 1 saturated heterocycles. The second-order valence-electron chi connectivity index (χ2n) is 5.01. The monoisotopic (exact) mass is 273 g/mol. The highest BCUT2D eigenvalue weighted by molar-refractivity contribution is 5.80. The van der Waals surface area contributed by atoms with E-state index in [2.05, 4.69) is 9.97 Å². The molecule has 1 aromatic heterocycles. The zero-order valence-corrected chi connectivity index (χ0v) is 10.9. The molecule has 0 amide bonds. The molecule has 1 fully saturated rings. The molecule has 0 spiro atoms. The largest absolute Gasteiger partial charge is 0.508 e. The van der Waals surface area contributed by atoms with Crippen LogP contribution in [0.25, 0.3) is 10.9 Å². The highest BCUT2D eigenvalue weighted by Crippen LogP contribution is 2.23. The van der Waals surface area contributed by atoms with Crippen molar-refractivity contribution in [3.8, 4) is 5.75 Å². The minimum absolute atomic E-state index is 0.191. The van der Waals surface area contributed by atoms with Gasteiger partial charge in [0, 0.05) is 24.7 Å². The third-order valence-corrected chi connectivity index (χ3v) is 3.68. The number of carbonyl (C=O) groups is 1. The van der Waals surface area contributed by atoms with Gasteiger partial charge in [0.25, 0.3) is 0 Å². The Labute approximate surface area is 115 Å². The lowest BCUT2D eigenvalue weighted by Gasteiger charge is -2.30. The zero-order chi connectivity index (χ0) is 14.1. The molecule has 6 heteroatoms. The fourth-order valence-corrected chi connectivity index (χ4v) is 2.49. The molecular formula is C14H15N3O3. The molecular weight excluding hydrogens is 258 g/mol. The number of hydrogen-bond acceptors (Lipinski definition) is 5. The third-order valence-electron chi connectivity index (χ3n) is 3.68. The zero-order valence-electron chi connectivity index (χ0n) is 10.9. The standard InChI is InChI=1S/C14H15N3O3/c18-11-1-2-12-10(7-11)8-15-14(16-12)17-5-3-9(4-6-17)13(19)20/h1-2,7-9,18H,3-6H2,(H,19,20). The molecule has 0 unspecified atom stereocenters. The molecule has 0 aliphatic carbocycles. The van der Waals surface area contributed by atoms with Gasteiger partial charge in [-0.1, -0.05) is 0 Å². The van der Waals surface area contributed by atoms with Crippen molar-refractivity contribution < 1.29 is 15.0 Å². The molecule has 0 bridgehead atoms. The Morgan fingerprint density at radius 3 is 2.75 bits per heavy atom. The summed E-state index contributed by atoms with van der Waals surface area (Å²) >= 11 is 0. The summed E-state index contributed by atoms with van der Waals surface area (Å²) < 4.78 is 0. The maximum Gasteiger partial charge on any atom is 0.306 e. The van der Waals surface area contributed by atoms with Crippen molar-refractivity contribution in [2.75, 3.05) is 18.0 Å². The molecule has 1 aliphatic heterocycles. The predicted molar refractivity (Wildman–Crippen MR) is 73.8 cm³/mol. The molecule has 1 aromatic carbocycles. The van der Waals surface area contributed by atoms with Crippen LogP contribution in [-0.4, -0.2) is 39.2 Å². The van der Waals surface area contributed by atoms with Gasteiger partial charge in [-0.2, -0.15) is 0 Å². The lowest BCUT2D eigenvalue weighted by Crippen LogP contribution is -2.37. The van der Waals surface area contributed by atoms with E-state index in [4.69, 9.17) is 5.11 Å². The van der Waals surface area contributed by atoms with E-state index in [9.17, 15) is 9.90 Å². The van der Waals surface area contributed by atoms with E-state index in [-0.39, 0.29) is 11.7 Å². The van der Waals surface area contributed by atoms with E-state index < -0.39 is 5.97 Å². The second kappa shape index (κ2) is 4.96. The molecule has 0 radical (unpaired) electrons. The Morgan fingerprint density at radius 2 is 2.05 bits per heavy atom. The number of benzene rings is 1. The Kier molecular flexibility index (Phi) is 3.14. The van der Waals surface area contributed by atoms with Crippen LogP contribution in [0.2, 0.25) is 0 Å². The van der Waals surface area contributed by atoms with Gasteiger partial charge in [0.1, 0.15) is 5.75 Å². The second-order valence-corrected chi connectivity index (χ2v) is 5.01. The van der Waals surface area contributed by atoms with Crippen LogP contribution in [0.5, 0.6) is 5.75 Å². The van der Waals surface area contributed by atoms with E-state index >= 15 is 0 Å². The van der Waals surface area contributed by atoms with Crippen LogP contribution in [0.3, 0.4) is 0 Å². The molecule has 2 N–H and O–H groups in total. The number of phenolic OH excluding ortho intramolecular Hbond substituents is 1. The topological polar surface area (TPSA) is 86.5 Å². The number of nitrogens with zero attached hydrogens (tertiary/aromatic N) is 3. The van der Waals surface area contributed by atoms with E-state index in [0.717, 1.165) is 10.9 Å². The maximum absolute atomic E-state index is 10.9. The highest BCUT2D eigenvalue weighted by Gasteiger charge is 2.25. The number of hydrogen-bond donors (Lipinski definition) is 2.